The summed E-state index contributed by atoms with van der Waals surface area (Å²) >= 11 is 0. The first kappa shape index (κ1) is 23.1. The third kappa shape index (κ3) is 4.52. The van der Waals surface area contributed by atoms with Gasteiger partial charge >= 0.3 is 0 Å². The monoisotopic (exact) mass is 457 g/mol. The number of hydrogen-bond acceptors (Lipinski definition) is 6. The Bertz CT molecular complexity index is 1250. The van der Waals surface area contributed by atoms with E-state index < -0.39 is 4.92 Å². The summed E-state index contributed by atoms with van der Waals surface area (Å²) in [6.07, 6.45) is 0. The lowest BCUT2D eigenvalue weighted by Gasteiger charge is -2.31. The Kier molecular flexibility index (Phi) is 6.15. The van der Waals surface area contributed by atoms with Crippen LogP contribution in [0.5, 0.6) is 0 Å². The smallest absolute Gasteiger partial charge is 0.269 e. The minimum Gasteiger partial charge on any atom is -0.363 e. The van der Waals surface area contributed by atoms with E-state index in [-0.39, 0.29) is 23.1 Å². The second kappa shape index (κ2) is 9.05. The van der Waals surface area contributed by atoms with Crippen LogP contribution < -0.4 is 10.2 Å². The molecule has 8 heteroatoms. The highest BCUT2D eigenvalue weighted by Crippen LogP contribution is 2.49. The molecule has 0 spiro atoms. The average Bonchev–Trinajstić information content (AvgIpc) is 2.98. The molecule has 1 unspecified atom stereocenters. The predicted octanol–water partition coefficient (Wildman–Crippen LogP) is 6.65. The van der Waals surface area contributed by atoms with E-state index in [1.54, 1.807) is 12.1 Å². The minimum atomic E-state index is -0.458. The summed E-state index contributed by atoms with van der Waals surface area (Å²) < 4.78 is 0. The molecule has 1 atom stereocenters. The number of hydrogen-bond donors (Lipinski definition) is 1. The first-order valence-corrected chi connectivity index (χ1v) is 11.1. The first-order chi connectivity index (χ1) is 16.2. The molecular weight excluding hydrogens is 430 g/mol. The van der Waals surface area contributed by atoms with Crippen molar-refractivity contribution in [2.45, 2.75) is 45.7 Å². The molecule has 0 saturated carbocycles. The normalized spacial score (nSPS) is 16.5. The van der Waals surface area contributed by atoms with Crippen molar-refractivity contribution in [3.63, 3.8) is 0 Å². The van der Waals surface area contributed by atoms with Crippen LogP contribution >= 0.6 is 0 Å². The summed E-state index contributed by atoms with van der Waals surface area (Å²) in [6, 6.07) is 20.3. The van der Waals surface area contributed by atoms with Gasteiger partial charge in [0.25, 0.3) is 5.69 Å². The molecule has 0 bridgehead atoms. The zero-order chi connectivity index (χ0) is 24.5. The number of azo groups is 1. The molecule has 174 valence electrons. The maximum Gasteiger partial charge on any atom is 0.269 e. The van der Waals surface area contributed by atoms with Crippen molar-refractivity contribution >= 4 is 34.3 Å². The number of benzene rings is 3. The number of fused-ring (bicyclic) bond motifs is 1. The summed E-state index contributed by atoms with van der Waals surface area (Å²) in [4.78, 5) is 24.7. The fraction of sp³-hybridized carbons (Fsp3) is 0.269. The molecule has 4 rings (SSSR count). The second-order valence-corrected chi connectivity index (χ2v) is 9.05. The molecule has 3 aromatic rings. The van der Waals surface area contributed by atoms with Gasteiger partial charge < -0.3 is 10.2 Å². The van der Waals surface area contributed by atoms with E-state index in [0.717, 1.165) is 17.8 Å². The molecule has 8 nitrogen and oxygen atoms in total. The van der Waals surface area contributed by atoms with Gasteiger partial charge in [0, 0.05) is 42.7 Å². The number of nitrogens with one attached hydrogen (secondary N) is 1. The predicted molar refractivity (Wildman–Crippen MR) is 133 cm³/mol. The molecule has 0 aromatic heterocycles. The van der Waals surface area contributed by atoms with Crippen molar-refractivity contribution in [3.8, 4) is 0 Å². The number of nitro groups is 1. The Morgan fingerprint density at radius 3 is 2.38 bits per heavy atom. The van der Waals surface area contributed by atoms with E-state index in [9.17, 15) is 14.9 Å². The number of amides is 1. The van der Waals surface area contributed by atoms with Gasteiger partial charge in [-0.2, -0.15) is 5.11 Å². The number of nitrogens with zero attached hydrogens (tertiary/aromatic N) is 4. The van der Waals surface area contributed by atoms with Gasteiger partial charge in [-0.1, -0.05) is 44.2 Å². The van der Waals surface area contributed by atoms with Crippen LogP contribution in [0.15, 0.2) is 77.0 Å². The van der Waals surface area contributed by atoms with Crippen molar-refractivity contribution in [2.24, 2.45) is 10.2 Å². The fourth-order valence-electron chi connectivity index (χ4n) is 4.28. The van der Waals surface area contributed by atoms with E-state index in [1.165, 1.54) is 24.6 Å². The molecule has 1 N–H and O–H groups in total. The molecule has 1 aliphatic heterocycles. The second-order valence-electron chi connectivity index (χ2n) is 9.05. The van der Waals surface area contributed by atoms with Gasteiger partial charge in [0.1, 0.15) is 5.69 Å². The summed E-state index contributed by atoms with van der Waals surface area (Å²) in [6.45, 7) is 8.83. The van der Waals surface area contributed by atoms with Crippen molar-refractivity contribution in [2.75, 3.05) is 10.2 Å². The molecule has 0 saturated heterocycles. The Hall–Kier alpha value is -4.07. The molecule has 0 radical (unpaired) electrons. The number of carbonyl (C=O) groups is 1. The Morgan fingerprint density at radius 2 is 1.76 bits per heavy atom. The minimum absolute atomic E-state index is 0.00957. The number of nitro benzene ring substituents is 1. The van der Waals surface area contributed by atoms with Crippen LogP contribution in [0.3, 0.4) is 0 Å². The highest BCUT2D eigenvalue weighted by atomic mass is 16.6. The Balaban J connectivity index is 1.74. The van der Waals surface area contributed by atoms with Crippen LogP contribution in [0.4, 0.5) is 28.4 Å². The number of anilines is 2. The van der Waals surface area contributed by atoms with Crippen molar-refractivity contribution in [1.29, 1.82) is 0 Å². The average molecular weight is 458 g/mol. The van der Waals surface area contributed by atoms with Gasteiger partial charge in [-0.25, -0.2) is 0 Å². The maximum atomic E-state index is 11.9. The van der Waals surface area contributed by atoms with E-state index in [1.807, 2.05) is 30.3 Å². The van der Waals surface area contributed by atoms with E-state index in [2.05, 4.69) is 53.3 Å². The molecule has 0 aliphatic carbocycles. The molecule has 1 aliphatic rings. The first-order valence-electron chi connectivity index (χ1n) is 11.1. The van der Waals surface area contributed by atoms with Crippen LogP contribution in [0.2, 0.25) is 0 Å². The van der Waals surface area contributed by atoms with Crippen LogP contribution in [-0.4, -0.2) is 16.9 Å². The van der Waals surface area contributed by atoms with Crippen molar-refractivity contribution in [1.82, 2.24) is 0 Å². The van der Waals surface area contributed by atoms with Crippen LogP contribution in [0, 0.1) is 10.1 Å². The molecule has 1 amide bonds. The lowest BCUT2D eigenvalue weighted by atomic mass is 9.81. The van der Waals surface area contributed by atoms with Gasteiger partial charge in [0.15, 0.2) is 0 Å². The molecule has 3 aromatic carbocycles. The highest BCUT2D eigenvalue weighted by molar-refractivity contribution is 5.94. The van der Waals surface area contributed by atoms with Gasteiger partial charge in [0.05, 0.1) is 16.3 Å². The summed E-state index contributed by atoms with van der Waals surface area (Å²) in [7, 11) is 0. The van der Waals surface area contributed by atoms with Crippen molar-refractivity contribution in [3.05, 3.63) is 88.0 Å². The lowest BCUT2D eigenvalue weighted by molar-refractivity contribution is -0.384. The quantitative estimate of drug-likeness (QED) is 0.254. The standard InChI is InChI=1S/C26H27N5O3/c1-17-26(3,4)22-14-24(29-28-20-10-12-21(13-11-20)31(33)34)23(27-18(2)32)15-25(22)30(17)16-19-8-6-5-7-9-19/h5-15,17H,16H2,1-4H3,(H,27,32). The highest BCUT2D eigenvalue weighted by Gasteiger charge is 2.42. The van der Waals surface area contributed by atoms with Crippen LogP contribution in [0.25, 0.3) is 0 Å². The third-order valence-corrected chi connectivity index (χ3v) is 6.47. The largest absolute Gasteiger partial charge is 0.363 e. The van der Waals surface area contributed by atoms with Gasteiger partial charge in [-0.05, 0) is 42.3 Å². The number of carbonyl (C=O) groups excluding carboxylic acids is 1. The Labute approximate surface area is 198 Å². The number of rotatable bonds is 6. The molecule has 1 heterocycles. The van der Waals surface area contributed by atoms with Crippen LogP contribution in [-0.2, 0) is 16.8 Å². The van der Waals surface area contributed by atoms with Gasteiger partial charge in [-0.3, -0.25) is 14.9 Å². The maximum absolute atomic E-state index is 11.9. The SMILES string of the molecule is CC(=O)Nc1cc2c(cc1N=Nc1ccc([N+](=O)[O-])cc1)C(C)(C)C(C)N2Cc1ccccc1. The fourth-order valence-corrected chi connectivity index (χ4v) is 4.28. The van der Waals surface area contributed by atoms with Crippen molar-refractivity contribution < 1.29 is 9.72 Å². The van der Waals surface area contributed by atoms with Gasteiger partial charge in [-0.15, -0.1) is 5.11 Å². The third-order valence-electron chi connectivity index (χ3n) is 6.47. The molecule has 34 heavy (non-hydrogen) atoms. The van der Waals surface area contributed by atoms with Gasteiger partial charge in [0.2, 0.25) is 5.91 Å². The van der Waals surface area contributed by atoms with E-state index in [0.29, 0.717) is 17.1 Å². The number of non-ortho nitro benzene ring substituents is 1. The lowest BCUT2D eigenvalue weighted by Crippen LogP contribution is -2.38. The summed E-state index contributed by atoms with van der Waals surface area (Å²) in [5.41, 5.74) is 4.82. The zero-order valence-electron chi connectivity index (χ0n) is 19.6. The summed E-state index contributed by atoms with van der Waals surface area (Å²) in [5, 5.41) is 22.4. The zero-order valence-corrected chi connectivity index (χ0v) is 19.6. The summed E-state index contributed by atoms with van der Waals surface area (Å²) in [5.74, 6) is -0.202. The topological polar surface area (TPSA) is 100 Å². The molecular formula is C26H27N5O3. The Morgan fingerprint density at radius 1 is 1.09 bits per heavy atom. The molecule has 0 fully saturated rings. The van der Waals surface area contributed by atoms with E-state index >= 15 is 0 Å². The van der Waals surface area contributed by atoms with E-state index in [4.69, 9.17) is 0 Å². The van der Waals surface area contributed by atoms with Crippen LogP contribution in [0.1, 0.15) is 38.8 Å².